The SMILES string of the molecule is Cc1c(C(=O)NC(C)c2cccs2)cnn1C. The zero-order valence-electron chi connectivity index (χ0n) is 10.1. The van der Waals surface area contributed by atoms with Gasteiger partial charge in [-0.15, -0.1) is 11.3 Å². The average molecular weight is 249 g/mol. The molecule has 0 spiro atoms. The van der Waals surface area contributed by atoms with E-state index in [0.29, 0.717) is 5.56 Å². The fourth-order valence-corrected chi connectivity index (χ4v) is 2.34. The van der Waals surface area contributed by atoms with E-state index >= 15 is 0 Å². The highest BCUT2D eigenvalue weighted by Gasteiger charge is 2.16. The summed E-state index contributed by atoms with van der Waals surface area (Å²) < 4.78 is 1.70. The maximum atomic E-state index is 12.0. The standard InChI is InChI=1S/C12H15N3OS/c1-8(11-5-4-6-17-11)14-12(16)10-7-13-15(3)9(10)2/h4-8H,1-3H3,(H,14,16). The van der Waals surface area contributed by atoms with Gasteiger partial charge in [0.05, 0.1) is 17.8 Å². The molecular weight excluding hydrogens is 234 g/mol. The zero-order valence-corrected chi connectivity index (χ0v) is 10.9. The Bertz CT molecular complexity index is 516. The quantitative estimate of drug-likeness (QED) is 0.907. The van der Waals surface area contributed by atoms with Crippen LogP contribution >= 0.6 is 11.3 Å². The van der Waals surface area contributed by atoms with Crippen molar-refractivity contribution in [2.75, 3.05) is 0 Å². The molecule has 1 unspecified atom stereocenters. The number of amides is 1. The molecule has 4 nitrogen and oxygen atoms in total. The number of aromatic nitrogens is 2. The predicted octanol–water partition coefficient (Wildman–Crippen LogP) is 2.28. The number of carbonyl (C=O) groups excluding carboxylic acids is 1. The monoisotopic (exact) mass is 249 g/mol. The van der Waals surface area contributed by atoms with Gasteiger partial charge in [0, 0.05) is 17.6 Å². The van der Waals surface area contributed by atoms with Crippen LogP contribution in [0, 0.1) is 6.92 Å². The number of carbonyl (C=O) groups is 1. The summed E-state index contributed by atoms with van der Waals surface area (Å²) in [6.45, 7) is 3.87. The minimum Gasteiger partial charge on any atom is -0.345 e. The van der Waals surface area contributed by atoms with Gasteiger partial charge in [0.15, 0.2) is 0 Å². The van der Waals surface area contributed by atoms with Crippen molar-refractivity contribution in [2.24, 2.45) is 7.05 Å². The molecule has 0 aliphatic rings. The van der Waals surface area contributed by atoms with E-state index < -0.39 is 0 Å². The number of nitrogens with zero attached hydrogens (tertiary/aromatic N) is 2. The summed E-state index contributed by atoms with van der Waals surface area (Å²) in [7, 11) is 1.83. The first-order valence-corrected chi connectivity index (χ1v) is 6.30. The average Bonchev–Trinajstić information content (AvgIpc) is 2.90. The fourth-order valence-electron chi connectivity index (χ4n) is 1.60. The first kappa shape index (κ1) is 11.9. The molecule has 0 aromatic carbocycles. The van der Waals surface area contributed by atoms with E-state index in [4.69, 9.17) is 0 Å². The molecule has 2 rings (SSSR count). The predicted molar refractivity (Wildman–Crippen MR) is 68.1 cm³/mol. The molecule has 0 radical (unpaired) electrons. The Morgan fingerprint density at radius 1 is 1.59 bits per heavy atom. The first-order valence-electron chi connectivity index (χ1n) is 5.42. The van der Waals surface area contributed by atoms with E-state index in [1.807, 2.05) is 38.4 Å². The van der Waals surface area contributed by atoms with Crippen LogP contribution in [0.1, 0.15) is 33.9 Å². The van der Waals surface area contributed by atoms with Crippen molar-refractivity contribution in [3.8, 4) is 0 Å². The molecule has 2 aromatic rings. The smallest absolute Gasteiger partial charge is 0.255 e. The van der Waals surface area contributed by atoms with E-state index in [2.05, 4.69) is 10.4 Å². The minimum absolute atomic E-state index is 0.0297. The van der Waals surface area contributed by atoms with Crippen molar-refractivity contribution in [1.29, 1.82) is 0 Å². The third kappa shape index (κ3) is 2.39. The highest BCUT2D eigenvalue weighted by molar-refractivity contribution is 7.10. The highest BCUT2D eigenvalue weighted by Crippen LogP contribution is 2.18. The van der Waals surface area contributed by atoms with Gasteiger partial charge in [0.2, 0.25) is 0 Å². The Morgan fingerprint density at radius 3 is 2.88 bits per heavy atom. The molecule has 2 aromatic heterocycles. The van der Waals surface area contributed by atoms with Crippen LogP contribution in [0.2, 0.25) is 0 Å². The van der Waals surface area contributed by atoms with Gasteiger partial charge in [-0.05, 0) is 25.3 Å². The van der Waals surface area contributed by atoms with Crippen molar-refractivity contribution >= 4 is 17.2 Å². The molecule has 1 amide bonds. The van der Waals surface area contributed by atoms with Crippen LogP contribution in [-0.2, 0) is 7.05 Å². The maximum Gasteiger partial charge on any atom is 0.255 e. The van der Waals surface area contributed by atoms with Crippen molar-refractivity contribution in [1.82, 2.24) is 15.1 Å². The molecule has 2 heterocycles. The normalized spacial score (nSPS) is 12.4. The summed E-state index contributed by atoms with van der Waals surface area (Å²) in [6, 6.07) is 4.03. The second-order valence-electron chi connectivity index (χ2n) is 3.98. The largest absolute Gasteiger partial charge is 0.345 e. The summed E-state index contributed by atoms with van der Waals surface area (Å²) in [5, 5.41) is 9.04. The van der Waals surface area contributed by atoms with E-state index in [1.165, 1.54) is 0 Å². The molecule has 0 saturated carbocycles. The van der Waals surface area contributed by atoms with E-state index in [0.717, 1.165) is 10.6 Å². The Morgan fingerprint density at radius 2 is 2.35 bits per heavy atom. The molecular formula is C12H15N3OS. The van der Waals surface area contributed by atoms with Gasteiger partial charge < -0.3 is 5.32 Å². The molecule has 0 aliphatic heterocycles. The summed E-state index contributed by atoms with van der Waals surface area (Å²) in [5.74, 6) is -0.0727. The van der Waals surface area contributed by atoms with Gasteiger partial charge in [0.25, 0.3) is 5.91 Å². The number of nitrogens with one attached hydrogen (secondary N) is 1. The second kappa shape index (κ2) is 4.71. The Hall–Kier alpha value is -1.62. The Labute approximate surface area is 104 Å². The number of rotatable bonds is 3. The van der Waals surface area contributed by atoms with Crippen molar-refractivity contribution < 1.29 is 4.79 Å². The van der Waals surface area contributed by atoms with Crippen molar-refractivity contribution in [3.05, 3.63) is 39.8 Å². The van der Waals surface area contributed by atoms with Crippen LogP contribution in [0.25, 0.3) is 0 Å². The molecule has 0 saturated heterocycles. The summed E-state index contributed by atoms with van der Waals surface area (Å²) in [6.07, 6.45) is 1.60. The van der Waals surface area contributed by atoms with Crippen LogP contribution in [0.4, 0.5) is 0 Å². The van der Waals surface area contributed by atoms with Crippen LogP contribution in [0.15, 0.2) is 23.7 Å². The maximum absolute atomic E-state index is 12.0. The summed E-state index contributed by atoms with van der Waals surface area (Å²) in [4.78, 5) is 13.2. The summed E-state index contributed by atoms with van der Waals surface area (Å²) in [5.41, 5.74) is 1.51. The second-order valence-corrected chi connectivity index (χ2v) is 4.96. The molecule has 0 bridgehead atoms. The summed E-state index contributed by atoms with van der Waals surface area (Å²) >= 11 is 1.64. The lowest BCUT2D eigenvalue weighted by Gasteiger charge is -2.11. The lowest BCUT2D eigenvalue weighted by atomic mass is 10.2. The molecule has 5 heteroatoms. The van der Waals surface area contributed by atoms with Gasteiger partial charge in [-0.25, -0.2) is 0 Å². The van der Waals surface area contributed by atoms with Gasteiger partial charge in [-0.1, -0.05) is 6.07 Å². The Kier molecular flexibility index (Phi) is 3.28. The molecule has 1 atom stereocenters. The van der Waals surface area contributed by atoms with Gasteiger partial charge in [-0.2, -0.15) is 5.10 Å². The van der Waals surface area contributed by atoms with E-state index in [1.54, 1.807) is 22.2 Å². The molecule has 0 aliphatic carbocycles. The third-order valence-electron chi connectivity index (χ3n) is 2.80. The molecule has 1 N–H and O–H groups in total. The minimum atomic E-state index is -0.0727. The fraction of sp³-hybridized carbons (Fsp3) is 0.333. The van der Waals surface area contributed by atoms with Crippen LogP contribution in [0.3, 0.4) is 0 Å². The van der Waals surface area contributed by atoms with Crippen LogP contribution in [0.5, 0.6) is 0 Å². The van der Waals surface area contributed by atoms with Gasteiger partial charge >= 0.3 is 0 Å². The van der Waals surface area contributed by atoms with E-state index in [9.17, 15) is 4.79 Å². The number of hydrogen-bond acceptors (Lipinski definition) is 3. The molecule has 0 fully saturated rings. The number of hydrogen-bond donors (Lipinski definition) is 1. The molecule has 90 valence electrons. The van der Waals surface area contributed by atoms with Gasteiger partial charge in [0.1, 0.15) is 0 Å². The topological polar surface area (TPSA) is 46.9 Å². The third-order valence-corrected chi connectivity index (χ3v) is 3.85. The van der Waals surface area contributed by atoms with Gasteiger partial charge in [-0.3, -0.25) is 9.48 Å². The highest BCUT2D eigenvalue weighted by atomic mass is 32.1. The van der Waals surface area contributed by atoms with Crippen LogP contribution < -0.4 is 5.32 Å². The Balaban J connectivity index is 2.10. The lowest BCUT2D eigenvalue weighted by Crippen LogP contribution is -2.26. The van der Waals surface area contributed by atoms with Crippen LogP contribution in [-0.4, -0.2) is 15.7 Å². The number of aryl methyl sites for hydroxylation is 1. The lowest BCUT2D eigenvalue weighted by molar-refractivity contribution is 0.0940. The van der Waals surface area contributed by atoms with Crippen molar-refractivity contribution in [3.63, 3.8) is 0 Å². The molecule has 17 heavy (non-hydrogen) atoms. The number of thiophene rings is 1. The van der Waals surface area contributed by atoms with E-state index in [-0.39, 0.29) is 11.9 Å². The first-order chi connectivity index (χ1) is 8.09. The zero-order chi connectivity index (χ0) is 12.4. The van der Waals surface area contributed by atoms with Crippen molar-refractivity contribution in [2.45, 2.75) is 19.9 Å².